The van der Waals surface area contributed by atoms with Crippen LogP contribution in [0.2, 0.25) is 0 Å². The second-order valence-corrected chi connectivity index (χ2v) is 6.31. The molecule has 2 rings (SSSR count). The Labute approximate surface area is 146 Å². The van der Waals surface area contributed by atoms with Crippen molar-refractivity contribution in [3.05, 3.63) is 82.2 Å². The number of aromatic amines is 1. The molecule has 0 saturated carbocycles. The topological polar surface area (TPSA) is 32.9 Å². The second-order valence-electron chi connectivity index (χ2n) is 6.31. The largest absolute Gasteiger partial charge is 0.322 e. The number of H-pyrrole nitrogens is 1. The number of aromatic nitrogens is 1. The molecule has 1 aromatic carbocycles. The van der Waals surface area contributed by atoms with Crippen LogP contribution < -0.4 is 5.56 Å². The van der Waals surface area contributed by atoms with Crippen LogP contribution in [0, 0.1) is 5.92 Å². The smallest absolute Gasteiger partial charge is 0.271 e. The van der Waals surface area contributed by atoms with E-state index in [0.717, 1.165) is 24.1 Å². The molecule has 0 aliphatic carbocycles. The summed E-state index contributed by atoms with van der Waals surface area (Å²) in [5.41, 5.74) is 1.65. The SMILES string of the molecule is C=CC(C)/C=C\C(=C/C)Cc1ccc2[nH]c(=O)cc(C(C)(F)F)c2c1. The van der Waals surface area contributed by atoms with Crippen molar-refractivity contribution in [2.75, 3.05) is 0 Å². The van der Waals surface area contributed by atoms with Crippen LogP contribution in [-0.4, -0.2) is 4.98 Å². The fourth-order valence-corrected chi connectivity index (χ4v) is 2.62. The van der Waals surface area contributed by atoms with Crippen LogP contribution in [0.25, 0.3) is 10.9 Å². The summed E-state index contributed by atoms with van der Waals surface area (Å²) in [6, 6.07) is 6.25. The predicted molar refractivity (Wildman–Crippen MR) is 100 cm³/mol. The highest BCUT2D eigenvalue weighted by atomic mass is 19.3. The minimum absolute atomic E-state index is 0.244. The van der Waals surface area contributed by atoms with Gasteiger partial charge in [-0.1, -0.05) is 37.3 Å². The standard InChI is InChI=1S/C21H23F2NO/c1-5-14(3)7-8-15(6-2)11-16-9-10-19-17(12-16)18(21(4,22)23)13-20(25)24-19/h5-10,12-14H,1,11H2,2-4H3,(H,24,25)/b8-7-,15-6+. The first-order valence-corrected chi connectivity index (χ1v) is 8.24. The van der Waals surface area contributed by atoms with Crippen molar-refractivity contribution >= 4 is 10.9 Å². The summed E-state index contributed by atoms with van der Waals surface area (Å²) < 4.78 is 27.8. The highest BCUT2D eigenvalue weighted by Crippen LogP contribution is 2.32. The Kier molecular flexibility index (Phi) is 5.73. The molecule has 4 heteroatoms. The van der Waals surface area contributed by atoms with E-state index >= 15 is 0 Å². The maximum absolute atomic E-state index is 13.9. The number of alkyl halides is 2. The van der Waals surface area contributed by atoms with Crippen LogP contribution in [0.15, 0.2) is 65.5 Å². The van der Waals surface area contributed by atoms with Crippen molar-refractivity contribution in [3.8, 4) is 0 Å². The first-order chi connectivity index (χ1) is 11.7. The van der Waals surface area contributed by atoms with Crippen LogP contribution >= 0.6 is 0 Å². The molecule has 0 fully saturated rings. The van der Waals surface area contributed by atoms with E-state index in [0.29, 0.717) is 17.3 Å². The van der Waals surface area contributed by atoms with Gasteiger partial charge < -0.3 is 4.98 Å². The summed E-state index contributed by atoms with van der Waals surface area (Å²) in [4.78, 5) is 14.2. The van der Waals surface area contributed by atoms with E-state index in [1.54, 1.807) is 12.1 Å². The molecule has 0 bridgehead atoms. The van der Waals surface area contributed by atoms with Crippen molar-refractivity contribution in [3.63, 3.8) is 0 Å². The molecule has 1 N–H and O–H groups in total. The third-order valence-electron chi connectivity index (χ3n) is 4.15. The molecule has 0 saturated heterocycles. The number of nitrogens with one attached hydrogen (secondary N) is 1. The van der Waals surface area contributed by atoms with Gasteiger partial charge in [0.25, 0.3) is 5.92 Å². The number of fused-ring (bicyclic) bond motifs is 1. The molecule has 1 unspecified atom stereocenters. The molecule has 0 spiro atoms. The normalized spacial score (nSPS) is 14.2. The number of allylic oxidation sites excluding steroid dienone is 5. The third kappa shape index (κ3) is 4.75. The molecule has 2 nitrogen and oxygen atoms in total. The minimum Gasteiger partial charge on any atom is -0.322 e. The maximum atomic E-state index is 13.9. The van der Waals surface area contributed by atoms with Crippen LogP contribution in [0.4, 0.5) is 8.78 Å². The van der Waals surface area contributed by atoms with Gasteiger partial charge in [-0.2, -0.15) is 0 Å². The summed E-state index contributed by atoms with van der Waals surface area (Å²) >= 11 is 0. The summed E-state index contributed by atoms with van der Waals surface area (Å²) in [5.74, 6) is -2.81. The van der Waals surface area contributed by atoms with Crippen molar-refractivity contribution in [1.29, 1.82) is 0 Å². The van der Waals surface area contributed by atoms with E-state index < -0.39 is 11.5 Å². The highest BCUT2D eigenvalue weighted by molar-refractivity contribution is 5.83. The average Bonchev–Trinajstić information content (AvgIpc) is 2.56. The van der Waals surface area contributed by atoms with Crippen molar-refractivity contribution < 1.29 is 8.78 Å². The lowest BCUT2D eigenvalue weighted by Crippen LogP contribution is -2.15. The van der Waals surface area contributed by atoms with Crippen molar-refractivity contribution in [1.82, 2.24) is 4.98 Å². The number of hydrogen-bond acceptors (Lipinski definition) is 1. The molecule has 132 valence electrons. The van der Waals surface area contributed by atoms with Gasteiger partial charge in [0.15, 0.2) is 0 Å². The Morgan fingerprint density at radius 3 is 2.68 bits per heavy atom. The number of rotatable bonds is 6. The molecule has 0 aliphatic heterocycles. The monoisotopic (exact) mass is 343 g/mol. The zero-order valence-corrected chi connectivity index (χ0v) is 14.8. The van der Waals surface area contributed by atoms with E-state index in [1.165, 1.54) is 0 Å². The van der Waals surface area contributed by atoms with Gasteiger partial charge in [-0.05, 0) is 42.5 Å². The number of halogens is 2. The molecule has 25 heavy (non-hydrogen) atoms. The number of hydrogen-bond donors (Lipinski definition) is 1. The van der Waals surface area contributed by atoms with Gasteiger partial charge >= 0.3 is 0 Å². The first-order valence-electron chi connectivity index (χ1n) is 8.24. The number of pyridine rings is 1. The van der Waals surface area contributed by atoms with Gasteiger partial charge in [-0.15, -0.1) is 6.58 Å². The lowest BCUT2D eigenvalue weighted by atomic mass is 9.98. The van der Waals surface area contributed by atoms with Gasteiger partial charge in [0.1, 0.15) is 0 Å². The highest BCUT2D eigenvalue weighted by Gasteiger charge is 2.27. The predicted octanol–water partition coefficient (Wildman–Crippen LogP) is 5.51. The molecule has 1 aromatic heterocycles. The Bertz CT molecular complexity index is 885. The Balaban J connectivity index is 2.44. The average molecular weight is 343 g/mol. The molecule has 1 heterocycles. The summed E-state index contributed by atoms with van der Waals surface area (Å²) in [7, 11) is 0. The van der Waals surface area contributed by atoms with Gasteiger partial charge in [0.2, 0.25) is 5.56 Å². The van der Waals surface area contributed by atoms with Crippen LogP contribution in [0.3, 0.4) is 0 Å². The summed E-state index contributed by atoms with van der Waals surface area (Å²) in [6.45, 7) is 8.55. The molecular formula is C21H23F2NO. The lowest BCUT2D eigenvalue weighted by molar-refractivity contribution is 0.0189. The van der Waals surface area contributed by atoms with Gasteiger partial charge in [-0.25, -0.2) is 8.78 Å². The lowest BCUT2D eigenvalue weighted by Gasteiger charge is -2.14. The van der Waals surface area contributed by atoms with Gasteiger partial charge in [0.05, 0.1) is 0 Å². The Hall–Kier alpha value is -2.49. The second kappa shape index (κ2) is 7.60. The summed E-state index contributed by atoms with van der Waals surface area (Å²) in [6.07, 6.45) is 8.55. The van der Waals surface area contributed by atoms with Gasteiger partial charge in [-0.3, -0.25) is 4.79 Å². The van der Waals surface area contributed by atoms with Gasteiger partial charge in [0, 0.05) is 29.5 Å². The van der Waals surface area contributed by atoms with E-state index in [9.17, 15) is 13.6 Å². The Morgan fingerprint density at radius 1 is 1.36 bits per heavy atom. The first kappa shape index (κ1) is 18.8. The minimum atomic E-state index is -3.08. The van der Waals surface area contributed by atoms with Crippen LogP contribution in [0.1, 0.15) is 31.9 Å². The molecule has 2 aromatic rings. The Morgan fingerprint density at radius 2 is 2.08 bits per heavy atom. The zero-order chi connectivity index (χ0) is 18.6. The van der Waals surface area contributed by atoms with E-state index in [2.05, 4.69) is 11.6 Å². The quantitative estimate of drug-likeness (QED) is 0.545. The van der Waals surface area contributed by atoms with E-state index in [-0.39, 0.29) is 11.5 Å². The third-order valence-corrected chi connectivity index (χ3v) is 4.15. The van der Waals surface area contributed by atoms with Crippen LogP contribution in [0.5, 0.6) is 0 Å². The van der Waals surface area contributed by atoms with Crippen molar-refractivity contribution in [2.24, 2.45) is 5.92 Å². The fourth-order valence-electron chi connectivity index (χ4n) is 2.62. The molecular weight excluding hydrogens is 320 g/mol. The van der Waals surface area contributed by atoms with E-state index in [1.807, 2.05) is 44.2 Å². The molecule has 1 atom stereocenters. The fraction of sp³-hybridized carbons (Fsp3) is 0.286. The van der Waals surface area contributed by atoms with E-state index in [4.69, 9.17) is 0 Å². The maximum Gasteiger partial charge on any atom is 0.271 e. The zero-order valence-electron chi connectivity index (χ0n) is 14.8. The molecule has 0 amide bonds. The molecule has 0 radical (unpaired) electrons. The van der Waals surface area contributed by atoms with Crippen LogP contribution in [-0.2, 0) is 12.3 Å². The summed E-state index contributed by atoms with van der Waals surface area (Å²) in [5, 5.41) is 0.378. The molecule has 0 aliphatic rings. The number of benzene rings is 1. The van der Waals surface area contributed by atoms with Crippen molar-refractivity contribution in [2.45, 2.75) is 33.1 Å².